The van der Waals surface area contributed by atoms with E-state index in [4.69, 9.17) is 0 Å². The summed E-state index contributed by atoms with van der Waals surface area (Å²) in [4.78, 5) is 11.6. The maximum atomic E-state index is 11.6. The highest BCUT2D eigenvalue weighted by Gasteiger charge is 2.04. The first-order valence-electron chi connectivity index (χ1n) is 7.00. The standard InChI is InChI=1S/C14H21NO.C2H6/c1-4-15-14(16)13-7-5-6-12(10-13)9-8-11(2)3;1-2/h5-7,10-11H,4,8-9H2,1-3H3,(H,15,16);1-2H3. The van der Waals surface area contributed by atoms with Gasteiger partial charge in [-0.1, -0.05) is 39.8 Å². The van der Waals surface area contributed by atoms with Crippen LogP contribution in [0.3, 0.4) is 0 Å². The van der Waals surface area contributed by atoms with Crippen LogP contribution in [-0.4, -0.2) is 12.5 Å². The molecular formula is C16H27NO. The molecule has 1 rings (SSSR count). The van der Waals surface area contributed by atoms with Crippen LogP contribution in [0.25, 0.3) is 0 Å². The lowest BCUT2D eigenvalue weighted by atomic mass is 10.0. The van der Waals surface area contributed by atoms with E-state index in [-0.39, 0.29) is 5.91 Å². The van der Waals surface area contributed by atoms with Gasteiger partial charge in [0.1, 0.15) is 0 Å². The van der Waals surface area contributed by atoms with E-state index in [1.165, 1.54) is 12.0 Å². The van der Waals surface area contributed by atoms with Crippen molar-refractivity contribution in [2.24, 2.45) is 5.92 Å². The van der Waals surface area contributed by atoms with Crippen LogP contribution in [0.1, 0.15) is 57.0 Å². The van der Waals surface area contributed by atoms with Crippen molar-refractivity contribution in [1.82, 2.24) is 5.32 Å². The van der Waals surface area contributed by atoms with Gasteiger partial charge in [0.05, 0.1) is 0 Å². The van der Waals surface area contributed by atoms with E-state index in [0.29, 0.717) is 12.5 Å². The van der Waals surface area contributed by atoms with Gasteiger partial charge >= 0.3 is 0 Å². The molecule has 1 N–H and O–H groups in total. The zero-order valence-electron chi connectivity index (χ0n) is 12.4. The van der Waals surface area contributed by atoms with Gasteiger partial charge in [-0.3, -0.25) is 4.79 Å². The Bertz CT molecular complexity index is 345. The molecule has 102 valence electrons. The van der Waals surface area contributed by atoms with Crippen LogP contribution in [0.2, 0.25) is 0 Å². The summed E-state index contributed by atoms with van der Waals surface area (Å²) in [5.74, 6) is 0.724. The van der Waals surface area contributed by atoms with E-state index < -0.39 is 0 Å². The number of benzene rings is 1. The van der Waals surface area contributed by atoms with Crippen molar-refractivity contribution in [3.63, 3.8) is 0 Å². The molecule has 0 aromatic heterocycles. The normalized spacial score (nSPS) is 9.67. The Kier molecular flexibility index (Phi) is 8.99. The first kappa shape index (κ1) is 16.7. The number of aryl methyl sites for hydroxylation is 1. The van der Waals surface area contributed by atoms with Crippen LogP contribution in [0, 0.1) is 5.92 Å². The highest BCUT2D eigenvalue weighted by Crippen LogP contribution is 2.11. The largest absolute Gasteiger partial charge is 0.352 e. The van der Waals surface area contributed by atoms with Crippen LogP contribution in [0.5, 0.6) is 0 Å². The van der Waals surface area contributed by atoms with Crippen LogP contribution in [0.15, 0.2) is 24.3 Å². The third-order valence-electron chi connectivity index (χ3n) is 2.54. The quantitative estimate of drug-likeness (QED) is 0.838. The van der Waals surface area contributed by atoms with Gasteiger partial charge in [0.2, 0.25) is 0 Å². The maximum Gasteiger partial charge on any atom is 0.251 e. The van der Waals surface area contributed by atoms with Gasteiger partial charge in [0.15, 0.2) is 0 Å². The van der Waals surface area contributed by atoms with E-state index in [0.717, 1.165) is 12.0 Å². The van der Waals surface area contributed by atoms with Crippen LogP contribution in [-0.2, 0) is 6.42 Å². The van der Waals surface area contributed by atoms with Gasteiger partial charge in [-0.05, 0) is 43.4 Å². The number of hydrogen-bond donors (Lipinski definition) is 1. The van der Waals surface area contributed by atoms with Gasteiger partial charge < -0.3 is 5.32 Å². The molecule has 0 unspecified atom stereocenters. The number of amides is 1. The van der Waals surface area contributed by atoms with Crippen molar-refractivity contribution in [2.45, 2.75) is 47.5 Å². The molecule has 0 saturated heterocycles. The number of hydrogen-bond acceptors (Lipinski definition) is 1. The fourth-order valence-corrected chi connectivity index (χ4v) is 1.59. The minimum atomic E-state index is 0.0221. The SMILES string of the molecule is CC.CCNC(=O)c1cccc(CCC(C)C)c1. The highest BCUT2D eigenvalue weighted by molar-refractivity contribution is 5.94. The minimum Gasteiger partial charge on any atom is -0.352 e. The molecule has 0 fully saturated rings. The molecular weight excluding hydrogens is 222 g/mol. The lowest BCUT2D eigenvalue weighted by Gasteiger charge is -2.07. The molecule has 0 aliphatic carbocycles. The second-order valence-corrected chi connectivity index (χ2v) is 4.49. The summed E-state index contributed by atoms with van der Waals surface area (Å²) < 4.78 is 0. The number of carbonyl (C=O) groups is 1. The van der Waals surface area contributed by atoms with Crippen molar-refractivity contribution in [3.8, 4) is 0 Å². The van der Waals surface area contributed by atoms with Crippen molar-refractivity contribution in [2.75, 3.05) is 6.54 Å². The lowest BCUT2D eigenvalue weighted by molar-refractivity contribution is 0.0955. The van der Waals surface area contributed by atoms with Gasteiger partial charge in [-0.15, -0.1) is 0 Å². The van der Waals surface area contributed by atoms with E-state index in [1.54, 1.807) is 0 Å². The fourth-order valence-electron chi connectivity index (χ4n) is 1.59. The van der Waals surface area contributed by atoms with E-state index >= 15 is 0 Å². The van der Waals surface area contributed by atoms with Gasteiger partial charge in [0, 0.05) is 12.1 Å². The number of carbonyl (C=O) groups excluding carboxylic acids is 1. The zero-order chi connectivity index (χ0) is 14.0. The summed E-state index contributed by atoms with van der Waals surface area (Å²) in [6, 6.07) is 7.91. The molecule has 1 aromatic carbocycles. The molecule has 2 nitrogen and oxygen atoms in total. The third kappa shape index (κ3) is 6.43. The molecule has 0 saturated carbocycles. The monoisotopic (exact) mass is 249 g/mol. The average molecular weight is 249 g/mol. The Balaban J connectivity index is 0.00000137. The summed E-state index contributed by atoms with van der Waals surface area (Å²) in [6.07, 6.45) is 2.21. The lowest BCUT2D eigenvalue weighted by Crippen LogP contribution is -2.22. The molecule has 2 heteroatoms. The van der Waals surface area contributed by atoms with Crippen LogP contribution in [0.4, 0.5) is 0 Å². The van der Waals surface area contributed by atoms with Gasteiger partial charge in [-0.25, -0.2) is 0 Å². The number of rotatable bonds is 5. The molecule has 0 atom stereocenters. The highest BCUT2D eigenvalue weighted by atomic mass is 16.1. The van der Waals surface area contributed by atoms with Gasteiger partial charge in [0.25, 0.3) is 5.91 Å². The van der Waals surface area contributed by atoms with E-state index in [9.17, 15) is 4.79 Å². The first-order valence-corrected chi connectivity index (χ1v) is 7.00. The van der Waals surface area contributed by atoms with Crippen LogP contribution >= 0.6 is 0 Å². The predicted molar refractivity (Wildman–Crippen MR) is 79.0 cm³/mol. The second kappa shape index (κ2) is 9.69. The predicted octanol–water partition coefficient (Wildman–Crippen LogP) is 4.05. The Morgan fingerprint density at radius 3 is 2.50 bits per heavy atom. The van der Waals surface area contributed by atoms with E-state index in [2.05, 4.69) is 25.2 Å². The smallest absolute Gasteiger partial charge is 0.251 e. The molecule has 0 bridgehead atoms. The summed E-state index contributed by atoms with van der Waals surface area (Å²) in [5, 5.41) is 2.81. The third-order valence-corrected chi connectivity index (χ3v) is 2.54. The van der Waals surface area contributed by atoms with Crippen molar-refractivity contribution < 1.29 is 4.79 Å². The van der Waals surface area contributed by atoms with Crippen LogP contribution < -0.4 is 5.32 Å². The first-order chi connectivity index (χ1) is 8.63. The molecule has 0 heterocycles. The molecule has 0 spiro atoms. The molecule has 0 aliphatic heterocycles. The Labute approximate surface area is 112 Å². The topological polar surface area (TPSA) is 29.1 Å². The molecule has 0 radical (unpaired) electrons. The summed E-state index contributed by atoms with van der Waals surface area (Å²) in [7, 11) is 0. The molecule has 1 aromatic rings. The van der Waals surface area contributed by atoms with Gasteiger partial charge in [-0.2, -0.15) is 0 Å². The zero-order valence-corrected chi connectivity index (χ0v) is 12.4. The summed E-state index contributed by atoms with van der Waals surface area (Å²) in [5.41, 5.74) is 2.01. The maximum absolute atomic E-state index is 11.6. The van der Waals surface area contributed by atoms with Crippen molar-refractivity contribution in [3.05, 3.63) is 35.4 Å². The molecule has 18 heavy (non-hydrogen) atoms. The Hall–Kier alpha value is -1.31. The average Bonchev–Trinajstić information content (AvgIpc) is 2.39. The second-order valence-electron chi connectivity index (χ2n) is 4.49. The number of nitrogens with one attached hydrogen (secondary N) is 1. The summed E-state index contributed by atoms with van der Waals surface area (Å²) in [6.45, 7) is 11.0. The minimum absolute atomic E-state index is 0.0221. The molecule has 1 amide bonds. The van der Waals surface area contributed by atoms with Crippen molar-refractivity contribution >= 4 is 5.91 Å². The fraction of sp³-hybridized carbons (Fsp3) is 0.562. The Morgan fingerprint density at radius 1 is 1.28 bits per heavy atom. The van der Waals surface area contributed by atoms with E-state index in [1.807, 2.05) is 39.0 Å². The van der Waals surface area contributed by atoms with Crippen molar-refractivity contribution in [1.29, 1.82) is 0 Å². The molecule has 0 aliphatic rings. The summed E-state index contributed by atoms with van der Waals surface area (Å²) >= 11 is 0. The Morgan fingerprint density at radius 2 is 1.94 bits per heavy atom.